The second kappa shape index (κ2) is 10.0. The minimum Gasteiger partial charge on any atom is -0.244 e. The Morgan fingerprint density at radius 3 is 1.91 bits per heavy atom. The van der Waals surface area contributed by atoms with Crippen molar-refractivity contribution in [2.75, 3.05) is 0 Å². The zero-order chi connectivity index (χ0) is 16.5. The molecule has 2 rings (SSSR count). The fraction of sp³-hybridized carbons (Fsp3) is 1.00. The zero-order valence-electron chi connectivity index (χ0n) is 15.9. The van der Waals surface area contributed by atoms with Gasteiger partial charge in [-0.05, 0) is 62.7 Å². The van der Waals surface area contributed by atoms with E-state index in [0.717, 1.165) is 43.4 Å². The topological polar surface area (TPSA) is 0 Å². The normalized spacial score (nSPS) is 35.3. The Morgan fingerprint density at radius 1 is 0.739 bits per heavy atom. The highest BCUT2D eigenvalue weighted by Gasteiger charge is 2.38. The number of unbranched alkanes of at least 4 members (excludes halogenated alkanes) is 4. The SMILES string of the molecule is CCCCCC1(F)CCC([C@H]2CC[C@H](CCCCC)CC2)CC1. The van der Waals surface area contributed by atoms with Gasteiger partial charge in [-0.1, -0.05) is 71.6 Å². The Hall–Kier alpha value is -0.0700. The minimum atomic E-state index is -0.803. The van der Waals surface area contributed by atoms with E-state index in [1.54, 1.807) is 0 Å². The van der Waals surface area contributed by atoms with Crippen molar-refractivity contribution in [3.63, 3.8) is 0 Å². The first-order chi connectivity index (χ1) is 11.2. The number of hydrogen-bond acceptors (Lipinski definition) is 0. The quantitative estimate of drug-likeness (QED) is 0.379. The molecule has 0 nitrogen and oxygen atoms in total. The maximum atomic E-state index is 14.9. The lowest BCUT2D eigenvalue weighted by Gasteiger charge is -2.40. The van der Waals surface area contributed by atoms with Crippen LogP contribution in [0.25, 0.3) is 0 Å². The average Bonchev–Trinajstić information content (AvgIpc) is 2.57. The van der Waals surface area contributed by atoms with Gasteiger partial charge in [-0.2, -0.15) is 0 Å². The monoisotopic (exact) mass is 324 g/mol. The van der Waals surface area contributed by atoms with Crippen LogP contribution in [-0.4, -0.2) is 5.67 Å². The van der Waals surface area contributed by atoms with Crippen molar-refractivity contribution in [3.8, 4) is 0 Å². The van der Waals surface area contributed by atoms with E-state index in [2.05, 4.69) is 13.8 Å². The van der Waals surface area contributed by atoms with Crippen molar-refractivity contribution < 1.29 is 4.39 Å². The molecule has 0 heterocycles. The van der Waals surface area contributed by atoms with E-state index in [4.69, 9.17) is 0 Å². The maximum Gasteiger partial charge on any atom is 0.111 e. The third kappa shape index (κ3) is 6.39. The van der Waals surface area contributed by atoms with Crippen molar-refractivity contribution in [2.45, 2.75) is 122 Å². The van der Waals surface area contributed by atoms with Crippen LogP contribution in [0.3, 0.4) is 0 Å². The molecule has 0 aromatic heterocycles. The highest BCUT2D eigenvalue weighted by molar-refractivity contribution is 4.89. The molecule has 2 fully saturated rings. The third-order valence-corrected chi connectivity index (χ3v) is 6.93. The van der Waals surface area contributed by atoms with Gasteiger partial charge in [-0.3, -0.25) is 0 Å². The summed E-state index contributed by atoms with van der Waals surface area (Å²) in [6, 6.07) is 0. The van der Waals surface area contributed by atoms with Gasteiger partial charge in [0, 0.05) is 0 Å². The van der Waals surface area contributed by atoms with Crippen molar-refractivity contribution >= 4 is 0 Å². The lowest BCUT2D eigenvalue weighted by Crippen LogP contribution is -2.33. The van der Waals surface area contributed by atoms with Gasteiger partial charge < -0.3 is 0 Å². The summed E-state index contributed by atoms with van der Waals surface area (Å²) in [6.45, 7) is 4.51. The summed E-state index contributed by atoms with van der Waals surface area (Å²) >= 11 is 0. The third-order valence-electron chi connectivity index (χ3n) is 6.93. The molecular weight excluding hydrogens is 283 g/mol. The Balaban J connectivity index is 1.64. The average molecular weight is 325 g/mol. The van der Waals surface area contributed by atoms with Gasteiger partial charge in [0.25, 0.3) is 0 Å². The fourth-order valence-corrected chi connectivity index (χ4v) is 5.20. The van der Waals surface area contributed by atoms with Crippen LogP contribution >= 0.6 is 0 Å². The molecule has 0 bridgehead atoms. The lowest BCUT2D eigenvalue weighted by atomic mass is 9.67. The maximum absolute atomic E-state index is 14.9. The number of rotatable bonds is 9. The highest BCUT2D eigenvalue weighted by Crippen LogP contribution is 2.45. The molecule has 0 aromatic carbocycles. The second-order valence-electron chi connectivity index (χ2n) is 8.72. The molecule has 0 spiro atoms. The van der Waals surface area contributed by atoms with E-state index >= 15 is 0 Å². The molecule has 136 valence electrons. The fourth-order valence-electron chi connectivity index (χ4n) is 5.20. The van der Waals surface area contributed by atoms with Gasteiger partial charge in [-0.15, -0.1) is 0 Å². The van der Waals surface area contributed by atoms with Crippen LogP contribution in [0.15, 0.2) is 0 Å². The molecule has 2 saturated carbocycles. The number of alkyl halides is 1. The molecule has 0 N–H and O–H groups in total. The molecule has 1 heteroatoms. The summed E-state index contributed by atoms with van der Waals surface area (Å²) in [6.07, 6.45) is 19.9. The molecule has 2 aliphatic carbocycles. The summed E-state index contributed by atoms with van der Waals surface area (Å²) < 4.78 is 14.9. The molecule has 0 radical (unpaired) electrons. The molecular formula is C22H41F. The summed E-state index contributed by atoms with van der Waals surface area (Å²) in [5.41, 5.74) is -0.803. The highest BCUT2D eigenvalue weighted by atomic mass is 19.1. The lowest BCUT2D eigenvalue weighted by molar-refractivity contribution is 0.0456. The van der Waals surface area contributed by atoms with E-state index in [0.29, 0.717) is 0 Å². The zero-order valence-corrected chi connectivity index (χ0v) is 15.9. The van der Waals surface area contributed by atoms with E-state index < -0.39 is 5.67 Å². The second-order valence-corrected chi connectivity index (χ2v) is 8.72. The van der Waals surface area contributed by atoms with Crippen LogP contribution in [-0.2, 0) is 0 Å². The summed E-state index contributed by atoms with van der Waals surface area (Å²) in [7, 11) is 0. The van der Waals surface area contributed by atoms with E-state index in [1.807, 2.05) is 0 Å². The van der Waals surface area contributed by atoms with Crippen LogP contribution in [0.5, 0.6) is 0 Å². The molecule has 0 atom stereocenters. The summed E-state index contributed by atoms with van der Waals surface area (Å²) in [4.78, 5) is 0. The molecule has 0 amide bonds. The first-order valence-electron chi connectivity index (χ1n) is 10.9. The van der Waals surface area contributed by atoms with Gasteiger partial charge >= 0.3 is 0 Å². The molecule has 0 aromatic rings. The van der Waals surface area contributed by atoms with Crippen LogP contribution in [0.2, 0.25) is 0 Å². The van der Waals surface area contributed by atoms with E-state index in [1.165, 1.54) is 77.0 Å². The smallest absolute Gasteiger partial charge is 0.111 e. The molecule has 2 aliphatic rings. The molecule has 23 heavy (non-hydrogen) atoms. The van der Waals surface area contributed by atoms with Crippen molar-refractivity contribution in [2.24, 2.45) is 17.8 Å². The van der Waals surface area contributed by atoms with Gasteiger partial charge in [-0.25, -0.2) is 4.39 Å². The first kappa shape index (κ1) is 19.3. The van der Waals surface area contributed by atoms with Gasteiger partial charge in [0.1, 0.15) is 5.67 Å². The van der Waals surface area contributed by atoms with E-state index in [9.17, 15) is 4.39 Å². The van der Waals surface area contributed by atoms with Gasteiger partial charge in [0.2, 0.25) is 0 Å². The van der Waals surface area contributed by atoms with Crippen molar-refractivity contribution in [1.29, 1.82) is 0 Å². The number of hydrogen-bond donors (Lipinski definition) is 0. The van der Waals surface area contributed by atoms with Crippen LogP contribution < -0.4 is 0 Å². The first-order valence-corrected chi connectivity index (χ1v) is 10.9. The van der Waals surface area contributed by atoms with Crippen LogP contribution in [0, 0.1) is 17.8 Å². The van der Waals surface area contributed by atoms with Crippen LogP contribution in [0.1, 0.15) is 117 Å². The molecule has 0 saturated heterocycles. The largest absolute Gasteiger partial charge is 0.244 e. The van der Waals surface area contributed by atoms with Gasteiger partial charge in [0.05, 0.1) is 0 Å². The Labute approximate surface area is 145 Å². The summed E-state index contributed by atoms with van der Waals surface area (Å²) in [5, 5.41) is 0. The van der Waals surface area contributed by atoms with Crippen LogP contribution in [0.4, 0.5) is 4.39 Å². The standard InChI is InChI=1S/C22H41F/c1-3-5-7-9-19-10-12-20(13-11-19)21-14-17-22(23,18-15-21)16-8-6-4-2/h19-21H,3-18H2,1-2H3/t19-,20-,21?,22?. The summed E-state index contributed by atoms with van der Waals surface area (Å²) in [5.74, 6) is 2.79. The molecule has 0 aliphatic heterocycles. The van der Waals surface area contributed by atoms with Crippen molar-refractivity contribution in [3.05, 3.63) is 0 Å². The molecule has 0 unspecified atom stereocenters. The van der Waals surface area contributed by atoms with Crippen molar-refractivity contribution in [1.82, 2.24) is 0 Å². The predicted octanol–water partition coefficient (Wildman–Crippen LogP) is 7.85. The Kier molecular flexibility index (Phi) is 8.41. The number of halogens is 1. The van der Waals surface area contributed by atoms with Gasteiger partial charge in [0.15, 0.2) is 0 Å². The minimum absolute atomic E-state index is 0.803. The predicted molar refractivity (Wildman–Crippen MR) is 99.5 cm³/mol. The van der Waals surface area contributed by atoms with E-state index in [-0.39, 0.29) is 0 Å². The Morgan fingerprint density at radius 2 is 1.30 bits per heavy atom. The Bertz CT molecular complexity index is 295.